The molecule has 2 heterocycles. The second-order valence-corrected chi connectivity index (χ2v) is 4.66. The van der Waals surface area contributed by atoms with Crippen molar-refractivity contribution in [3.8, 4) is 11.5 Å². The molecule has 0 atom stereocenters. The Morgan fingerprint density at radius 1 is 1.14 bits per heavy atom. The molecule has 4 rings (SSSR count). The van der Waals surface area contributed by atoms with Crippen LogP contribution in [0.2, 0.25) is 0 Å². The Balaban J connectivity index is 2.25. The van der Waals surface area contributed by atoms with Crippen LogP contribution in [-0.4, -0.2) is 16.7 Å². The maximum absolute atomic E-state index is 12.1. The highest BCUT2D eigenvalue weighted by Crippen LogP contribution is 2.41. The van der Waals surface area contributed by atoms with Crippen molar-refractivity contribution >= 4 is 27.4 Å². The van der Waals surface area contributed by atoms with Crippen molar-refractivity contribution in [3.05, 3.63) is 50.8 Å². The van der Waals surface area contributed by atoms with Crippen LogP contribution in [0.1, 0.15) is 0 Å². The predicted octanol–water partition coefficient (Wildman–Crippen LogP) is 2.32. The number of nitro groups is 1. The topological polar surface area (TPSA) is 94.5 Å². The number of fused-ring (bicyclic) bond motifs is 5. The first-order chi connectivity index (χ1) is 10.1. The molecule has 1 N–H and O–H groups in total. The number of aromatic nitrogens is 1. The van der Waals surface area contributed by atoms with Crippen molar-refractivity contribution in [1.29, 1.82) is 0 Å². The standard InChI is InChI=1S/C14H8N2O5/c17-14-8-2-4-11-13(21-6-20-11)12(8)9-5-7(16(18)19)1-3-10(9)15-14/h1-5H,6H2,(H,15,17). The van der Waals surface area contributed by atoms with E-state index in [1.807, 2.05) is 0 Å². The lowest BCUT2D eigenvalue weighted by atomic mass is 10.0. The van der Waals surface area contributed by atoms with E-state index in [0.29, 0.717) is 33.2 Å². The van der Waals surface area contributed by atoms with Crippen LogP contribution >= 0.6 is 0 Å². The molecule has 21 heavy (non-hydrogen) atoms. The van der Waals surface area contributed by atoms with E-state index in [2.05, 4.69) is 4.98 Å². The summed E-state index contributed by atoms with van der Waals surface area (Å²) in [7, 11) is 0. The molecule has 0 fully saturated rings. The summed E-state index contributed by atoms with van der Waals surface area (Å²) in [5.41, 5.74) is 0.194. The smallest absolute Gasteiger partial charge is 0.270 e. The highest BCUT2D eigenvalue weighted by molar-refractivity contribution is 6.10. The number of nitrogens with zero attached hydrogens (tertiary/aromatic N) is 1. The van der Waals surface area contributed by atoms with Gasteiger partial charge in [0.25, 0.3) is 11.2 Å². The zero-order chi connectivity index (χ0) is 14.6. The van der Waals surface area contributed by atoms with E-state index in [-0.39, 0.29) is 18.0 Å². The Hall–Kier alpha value is -3.09. The van der Waals surface area contributed by atoms with Crippen molar-refractivity contribution in [2.45, 2.75) is 0 Å². The molecule has 0 saturated carbocycles. The summed E-state index contributed by atoms with van der Waals surface area (Å²) in [6, 6.07) is 7.58. The molecule has 0 unspecified atom stereocenters. The van der Waals surface area contributed by atoms with Gasteiger partial charge in [0.05, 0.1) is 10.3 Å². The molecule has 1 aromatic heterocycles. The van der Waals surface area contributed by atoms with Crippen LogP contribution in [0.5, 0.6) is 11.5 Å². The Kier molecular flexibility index (Phi) is 2.20. The van der Waals surface area contributed by atoms with Gasteiger partial charge in [-0.05, 0) is 18.2 Å². The Morgan fingerprint density at radius 3 is 2.81 bits per heavy atom. The first kappa shape index (κ1) is 11.7. The quantitative estimate of drug-likeness (QED) is 0.420. The number of rotatable bonds is 1. The van der Waals surface area contributed by atoms with Crippen molar-refractivity contribution in [2.24, 2.45) is 0 Å². The van der Waals surface area contributed by atoms with E-state index in [1.165, 1.54) is 18.2 Å². The van der Waals surface area contributed by atoms with Gasteiger partial charge in [-0.3, -0.25) is 14.9 Å². The van der Waals surface area contributed by atoms with Crippen molar-refractivity contribution in [3.63, 3.8) is 0 Å². The van der Waals surface area contributed by atoms with Gasteiger partial charge < -0.3 is 14.5 Å². The van der Waals surface area contributed by atoms with Gasteiger partial charge in [0.15, 0.2) is 11.5 Å². The van der Waals surface area contributed by atoms with Gasteiger partial charge in [-0.15, -0.1) is 0 Å². The van der Waals surface area contributed by atoms with E-state index in [0.717, 1.165) is 0 Å². The minimum Gasteiger partial charge on any atom is -0.454 e. The van der Waals surface area contributed by atoms with Gasteiger partial charge in [0.1, 0.15) is 0 Å². The average molecular weight is 284 g/mol. The zero-order valence-corrected chi connectivity index (χ0v) is 10.6. The highest BCUT2D eigenvalue weighted by atomic mass is 16.7. The number of ether oxygens (including phenoxy) is 2. The number of aromatic amines is 1. The first-order valence-electron chi connectivity index (χ1n) is 6.18. The predicted molar refractivity (Wildman–Crippen MR) is 74.9 cm³/mol. The molecule has 0 amide bonds. The normalized spacial score (nSPS) is 13.0. The molecule has 7 nitrogen and oxygen atoms in total. The van der Waals surface area contributed by atoms with Gasteiger partial charge in [-0.25, -0.2) is 0 Å². The molecule has 0 radical (unpaired) electrons. The molecule has 0 bridgehead atoms. The minimum absolute atomic E-state index is 0.0487. The lowest BCUT2D eigenvalue weighted by molar-refractivity contribution is -0.384. The molecule has 3 aromatic rings. The summed E-state index contributed by atoms with van der Waals surface area (Å²) < 4.78 is 10.7. The number of benzene rings is 2. The third-order valence-electron chi connectivity index (χ3n) is 3.52. The molecule has 0 aliphatic carbocycles. The number of hydrogen-bond acceptors (Lipinski definition) is 5. The molecular weight excluding hydrogens is 276 g/mol. The fourth-order valence-electron chi connectivity index (χ4n) is 2.58. The lowest BCUT2D eigenvalue weighted by Gasteiger charge is -2.06. The molecule has 1 aliphatic heterocycles. The van der Waals surface area contributed by atoms with Gasteiger partial charge in [-0.2, -0.15) is 0 Å². The fraction of sp³-hybridized carbons (Fsp3) is 0.0714. The molecule has 2 aromatic carbocycles. The van der Waals surface area contributed by atoms with Crippen LogP contribution in [-0.2, 0) is 0 Å². The van der Waals surface area contributed by atoms with Crippen molar-refractivity contribution in [2.75, 3.05) is 6.79 Å². The monoisotopic (exact) mass is 284 g/mol. The highest BCUT2D eigenvalue weighted by Gasteiger charge is 2.21. The first-order valence-corrected chi connectivity index (χ1v) is 6.18. The van der Waals surface area contributed by atoms with Crippen molar-refractivity contribution < 1.29 is 14.4 Å². The molecule has 0 spiro atoms. The molecule has 0 saturated heterocycles. The Morgan fingerprint density at radius 2 is 2.00 bits per heavy atom. The molecule has 1 aliphatic rings. The summed E-state index contributed by atoms with van der Waals surface area (Å²) >= 11 is 0. The Labute approximate surface area is 116 Å². The number of pyridine rings is 1. The summed E-state index contributed by atoms with van der Waals surface area (Å²) in [6.07, 6.45) is 0. The molecule has 104 valence electrons. The number of H-pyrrole nitrogens is 1. The zero-order valence-electron chi connectivity index (χ0n) is 10.6. The van der Waals surface area contributed by atoms with Crippen LogP contribution in [0.4, 0.5) is 5.69 Å². The number of hydrogen-bond donors (Lipinski definition) is 1. The van der Waals surface area contributed by atoms with Crippen LogP contribution in [0, 0.1) is 10.1 Å². The number of nitrogens with one attached hydrogen (secondary N) is 1. The summed E-state index contributed by atoms with van der Waals surface area (Å²) in [6.45, 7) is 0.0671. The summed E-state index contributed by atoms with van der Waals surface area (Å²) in [5.74, 6) is 0.977. The maximum atomic E-state index is 12.1. The van der Waals surface area contributed by atoms with Crippen LogP contribution in [0.25, 0.3) is 21.7 Å². The second-order valence-electron chi connectivity index (χ2n) is 4.66. The largest absolute Gasteiger partial charge is 0.454 e. The van der Waals surface area contributed by atoms with E-state index in [1.54, 1.807) is 12.1 Å². The summed E-state index contributed by atoms with van der Waals surface area (Å²) in [4.78, 5) is 25.3. The SMILES string of the molecule is O=c1[nH]c2ccc([N+](=O)[O-])cc2c2c3c(ccc12)OCO3. The van der Waals surface area contributed by atoms with Gasteiger partial charge in [0, 0.05) is 28.4 Å². The van der Waals surface area contributed by atoms with Gasteiger partial charge in [-0.1, -0.05) is 0 Å². The fourth-order valence-corrected chi connectivity index (χ4v) is 2.58. The van der Waals surface area contributed by atoms with E-state index >= 15 is 0 Å². The van der Waals surface area contributed by atoms with Crippen LogP contribution in [0.15, 0.2) is 35.1 Å². The van der Waals surface area contributed by atoms with Gasteiger partial charge >= 0.3 is 0 Å². The van der Waals surface area contributed by atoms with Crippen LogP contribution < -0.4 is 15.0 Å². The molecule has 7 heteroatoms. The van der Waals surface area contributed by atoms with Gasteiger partial charge in [0.2, 0.25) is 6.79 Å². The lowest BCUT2D eigenvalue weighted by Crippen LogP contribution is -2.06. The molecular formula is C14H8N2O5. The second kappa shape index (κ2) is 3.95. The number of nitro benzene ring substituents is 1. The third-order valence-corrected chi connectivity index (χ3v) is 3.52. The minimum atomic E-state index is -0.475. The summed E-state index contributed by atoms with van der Waals surface area (Å²) in [5, 5.41) is 12.5. The number of non-ortho nitro benzene ring substituents is 1. The maximum Gasteiger partial charge on any atom is 0.270 e. The van der Waals surface area contributed by atoms with E-state index in [4.69, 9.17) is 9.47 Å². The van der Waals surface area contributed by atoms with Crippen LogP contribution in [0.3, 0.4) is 0 Å². The Bertz CT molecular complexity index is 976. The third kappa shape index (κ3) is 1.57. The van der Waals surface area contributed by atoms with E-state index in [9.17, 15) is 14.9 Å². The average Bonchev–Trinajstić information content (AvgIpc) is 2.95. The van der Waals surface area contributed by atoms with E-state index < -0.39 is 4.92 Å². The van der Waals surface area contributed by atoms with Crippen molar-refractivity contribution in [1.82, 2.24) is 4.98 Å².